The molecule has 0 unspecified atom stereocenters. The molecule has 0 aliphatic heterocycles. The van der Waals surface area contributed by atoms with Crippen LogP contribution in [0.1, 0.15) is 24.0 Å². The fourth-order valence-corrected chi connectivity index (χ4v) is 3.05. The Kier molecular flexibility index (Phi) is 3.08. The Morgan fingerprint density at radius 3 is 2.47 bits per heavy atom. The average molecular weight is 252 g/mol. The van der Waals surface area contributed by atoms with Crippen LogP contribution >= 0.6 is 11.8 Å². The summed E-state index contributed by atoms with van der Waals surface area (Å²) in [6, 6.07) is 3.98. The van der Waals surface area contributed by atoms with Gasteiger partial charge in [0.05, 0.1) is 7.11 Å². The van der Waals surface area contributed by atoms with Crippen molar-refractivity contribution in [3.05, 3.63) is 23.3 Å². The highest BCUT2D eigenvalue weighted by molar-refractivity contribution is 8.01. The number of aryl methyl sites for hydroxylation is 2. The Morgan fingerprint density at radius 2 is 2.00 bits per heavy atom. The lowest BCUT2D eigenvalue weighted by molar-refractivity contribution is -0.137. The molecule has 17 heavy (non-hydrogen) atoms. The summed E-state index contributed by atoms with van der Waals surface area (Å²) < 4.78 is 4.67. The molecule has 0 heterocycles. The van der Waals surface area contributed by atoms with E-state index in [1.165, 1.54) is 11.8 Å². The number of rotatable bonds is 4. The van der Waals surface area contributed by atoms with Gasteiger partial charge in [-0.3, -0.25) is 4.79 Å². The summed E-state index contributed by atoms with van der Waals surface area (Å²) in [7, 11) is 1.65. The van der Waals surface area contributed by atoms with Gasteiger partial charge in [-0.25, -0.2) is 0 Å². The predicted molar refractivity (Wildman–Crippen MR) is 67.9 cm³/mol. The number of carboxylic acids is 1. The molecule has 1 saturated carbocycles. The molecule has 92 valence electrons. The molecule has 1 aliphatic rings. The third kappa shape index (κ3) is 2.27. The summed E-state index contributed by atoms with van der Waals surface area (Å²) in [5.74, 6) is 0.155. The van der Waals surface area contributed by atoms with Crippen LogP contribution in [-0.2, 0) is 4.79 Å². The number of aliphatic carboxylic acids is 1. The first kappa shape index (κ1) is 12.3. The zero-order valence-electron chi connectivity index (χ0n) is 10.2. The van der Waals surface area contributed by atoms with E-state index in [0.29, 0.717) is 0 Å². The second-order valence-corrected chi connectivity index (χ2v) is 5.91. The van der Waals surface area contributed by atoms with Gasteiger partial charge in [0.15, 0.2) is 0 Å². The first-order chi connectivity index (χ1) is 7.98. The fraction of sp³-hybridized carbons (Fsp3) is 0.462. The van der Waals surface area contributed by atoms with Crippen LogP contribution in [0.15, 0.2) is 17.0 Å². The summed E-state index contributed by atoms with van der Waals surface area (Å²) in [5, 5.41) is 9.18. The lowest BCUT2D eigenvalue weighted by atomic mass is 10.1. The fourth-order valence-electron chi connectivity index (χ4n) is 1.78. The van der Waals surface area contributed by atoms with Crippen LogP contribution < -0.4 is 4.74 Å². The summed E-state index contributed by atoms with van der Waals surface area (Å²) >= 11 is 1.47. The number of carbonyl (C=O) groups is 1. The van der Waals surface area contributed by atoms with Gasteiger partial charge in [-0.2, -0.15) is 0 Å². The first-order valence-corrected chi connectivity index (χ1v) is 6.38. The van der Waals surface area contributed by atoms with Crippen molar-refractivity contribution in [2.45, 2.75) is 36.3 Å². The monoisotopic (exact) mass is 252 g/mol. The Balaban J connectivity index is 2.28. The average Bonchev–Trinajstić information content (AvgIpc) is 3.04. The van der Waals surface area contributed by atoms with E-state index in [2.05, 4.69) is 0 Å². The Morgan fingerprint density at radius 1 is 1.35 bits per heavy atom. The molecule has 0 spiro atoms. The molecule has 0 atom stereocenters. The summed E-state index contributed by atoms with van der Waals surface area (Å²) in [4.78, 5) is 12.2. The standard InChI is InChI=1S/C13H16O3S/c1-8-7-11(9(2)6-10(8)16-3)17-13(4-5-13)12(14)15/h6-7H,4-5H2,1-3H3,(H,14,15). The number of thioether (sulfide) groups is 1. The number of benzene rings is 1. The van der Waals surface area contributed by atoms with Crippen molar-refractivity contribution < 1.29 is 14.6 Å². The summed E-state index contributed by atoms with van der Waals surface area (Å²) in [5.41, 5.74) is 2.12. The summed E-state index contributed by atoms with van der Waals surface area (Å²) in [6.45, 7) is 3.96. The van der Waals surface area contributed by atoms with E-state index in [9.17, 15) is 9.90 Å². The molecule has 0 aromatic heterocycles. The highest BCUT2D eigenvalue weighted by Gasteiger charge is 2.51. The van der Waals surface area contributed by atoms with Crippen molar-refractivity contribution >= 4 is 17.7 Å². The predicted octanol–water partition coefficient (Wildman–Crippen LogP) is 3.02. The third-order valence-corrected chi connectivity index (χ3v) is 4.72. The quantitative estimate of drug-likeness (QED) is 0.894. The lowest BCUT2D eigenvalue weighted by Gasteiger charge is -2.14. The highest BCUT2D eigenvalue weighted by Crippen LogP contribution is 2.53. The number of carboxylic acid groups (broad SMARTS) is 1. The molecule has 1 aromatic carbocycles. The number of ether oxygens (including phenoxy) is 1. The van der Waals surface area contributed by atoms with Crippen LogP contribution in [-0.4, -0.2) is 22.9 Å². The molecule has 2 rings (SSSR count). The number of methoxy groups -OCH3 is 1. The van der Waals surface area contributed by atoms with Crippen molar-refractivity contribution in [3.8, 4) is 5.75 Å². The molecule has 1 N–H and O–H groups in total. The zero-order chi connectivity index (χ0) is 12.6. The first-order valence-electron chi connectivity index (χ1n) is 5.56. The maximum atomic E-state index is 11.2. The largest absolute Gasteiger partial charge is 0.496 e. The molecular formula is C13H16O3S. The van der Waals surface area contributed by atoms with Crippen LogP contribution in [0.5, 0.6) is 5.75 Å². The molecule has 0 radical (unpaired) electrons. The highest BCUT2D eigenvalue weighted by atomic mass is 32.2. The number of hydrogen-bond acceptors (Lipinski definition) is 3. The number of hydrogen-bond donors (Lipinski definition) is 1. The molecule has 1 aliphatic carbocycles. The molecule has 1 aromatic rings. The van der Waals surface area contributed by atoms with Gasteiger partial charge in [0, 0.05) is 4.90 Å². The van der Waals surface area contributed by atoms with E-state index in [0.717, 1.165) is 34.6 Å². The smallest absolute Gasteiger partial charge is 0.320 e. The zero-order valence-corrected chi connectivity index (χ0v) is 11.1. The van der Waals surface area contributed by atoms with Gasteiger partial charge in [0.1, 0.15) is 10.5 Å². The second kappa shape index (κ2) is 4.26. The minimum atomic E-state index is -0.699. The van der Waals surface area contributed by atoms with E-state index < -0.39 is 10.7 Å². The van der Waals surface area contributed by atoms with Gasteiger partial charge >= 0.3 is 5.97 Å². The van der Waals surface area contributed by atoms with Gasteiger partial charge in [0.2, 0.25) is 0 Å². The Hall–Kier alpha value is -1.16. The van der Waals surface area contributed by atoms with Crippen LogP contribution in [0.2, 0.25) is 0 Å². The van der Waals surface area contributed by atoms with Crippen LogP contribution in [0.3, 0.4) is 0 Å². The van der Waals surface area contributed by atoms with Crippen molar-refractivity contribution in [3.63, 3.8) is 0 Å². The van der Waals surface area contributed by atoms with Gasteiger partial charge in [-0.05, 0) is 49.9 Å². The minimum absolute atomic E-state index is 0.578. The molecule has 0 saturated heterocycles. The molecule has 3 nitrogen and oxygen atoms in total. The molecule has 1 fully saturated rings. The molecule has 4 heteroatoms. The van der Waals surface area contributed by atoms with Crippen molar-refractivity contribution in [2.75, 3.05) is 7.11 Å². The van der Waals surface area contributed by atoms with Crippen LogP contribution in [0, 0.1) is 13.8 Å². The van der Waals surface area contributed by atoms with Crippen molar-refractivity contribution in [2.24, 2.45) is 0 Å². The molecule has 0 bridgehead atoms. The van der Waals surface area contributed by atoms with Crippen molar-refractivity contribution in [1.82, 2.24) is 0 Å². The minimum Gasteiger partial charge on any atom is -0.496 e. The molecule has 0 amide bonds. The third-order valence-electron chi connectivity index (χ3n) is 3.09. The Bertz CT molecular complexity index is 464. The summed E-state index contributed by atoms with van der Waals surface area (Å²) in [6.07, 6.45) is 1.52. The van der Waals surface area contributed by atoms with E-state index in [-0.39, 0.29) is 0 Å². The van der Waals surface area contributed by atoms with E-state index in [1.807, 2.05) is 26.0 Å². The second-order valence-electron chi connectivity index (χ2n) is 4.49. The lowest BCUT2D eigenvalue weighted by Crippen LogP contribution is -2.17. The maximum Gasteiger partial charge on any atom is 0.320 e. The van der Waals surface area contributed by atoms with E-state index in [1.54, 1.807) is 7.11 Å². The maximum absolute atomic E-state index is 11.2. The van der Waals surface area contributed by atoms with Gasteiger partial charge in [0.25, 0.3) is 0 Å². The van der Waals surface area contributed by atoms with Crippen LogP contribution in [0.25, 0.3) is 0 Å². The van der Waals surface area contributed by atoms with Gasteiger partial charge in [-0.1, -0.05) is 0 Å². The molecular weight excluding hydrogens is 236 g/mol. The van der Waals surface area contributed by atoms with Crippen LogP contribution in [0.4, 0.5) is 0 Å². The van der Waals surface area contributed by atoms with E-state index in [4.69, 9.17) is 4.74 Å². The van der Waals surface area contributed by atoms with Gasteiger partial charge in [-0.15, -0.1) is 11.8 Å². The van der Waals surface area contributed by atoms with Gasteiger partial charge < -0.3 is 9.84 Å². The Labute approximate surface area is 105 Å². The normalized spacial score (nSPS) is 16.6. The topological polar surface area (TPSA) is 46.5 Å². The SMILES string of the molecule is COc1cc(C)c(SC2(C(=O)O)CC2)cc1C. The van der Waals surface area contributed by atoms with Crippen molar-refractivity contribution in [1.29, 1.82) is 0 Å². The van der Waals surface area contributed by atoms with E-state index >= 15 is 0 Å².